The van der Waals surface area contributed by atoms with E-state index in [2.05, 4.69) is 6.07 Å². The summed E-state index contributed by atoms with van der Waals surface area (Å²) in [5.41, 5.74) is 4.30. The third-order valence-corrected chi connectivity index (χ3v) is 5.62. The number of aliphatic hydroxyl groups excluding tert-OH is 1. The summed E-state index contributed by atoms with van der Waals surface area (Å²) in [5.74, 6) is -0.806. The van der Waals surface area contributed by atoms with Gasteiger partial charge in [0.1, 0.15) is 0 Å². The molecule has 1 fully saturated rings. The molecule has 2 N–H and O–H groups in total. The number of aliphatic hydroxyl groups is 1. The fourth-order valence-corrected chi connectivity index (χ4v) is 4.02. The summed E-state index contributed by atoms with van der Waals surface area (Å²) in [4.78, 5) is 25.4. The summed E-state index contributed by atoms with van der Waals surface area (Å²) < 4.78 is 0. The van der Waals surface area contributed by atoms with Gasteiger partial charge in [-0.25, -0.2) is 4.79 Å². The zero-order chi connectivity index (χ0) is 21.7. The standard InChI is InChI=1S/C25H29NO4/c1-17-4-3-5-20(14-17)16-22(27)9-7-21-8-11-24(28)26(21)13-12-19-6-10-23(25(29)30)18(2)15-19/h3-7,9-10,14-15,21-22,27H,8,11-13,16H2,1-2H3,(H,29,30)/b9-7+/t21?,22-/m1/s1. The molecular weight excluding hydrogens is 378 g/mol. The molecule has 2 aromatic carbocycles. The number of hydrogen-bond acceptors (Lipinski definition) is 3. The molecule has 5 heteroatoms. The van der Waals surface area contributed by atoms with Gasteiger partial charge in [0.2, 0.25) is 5.91 Å². The zero-order valence-electron chi connectivity index (χ0n) is 17.5. The molecule has 0 saturated carbocycles. The fraction of sp³-hybridized carbons (Fsp3) is 0.360. The molecule has 0 aromatic heterocycles. The van der Waals surface area contributed by atoms with Crippen LogP contribution in [0.3, 0.4) is 0 Å². The number of carbonyl (C=O) groups is 2. The Bertz CT molecular complexity index is 950. The second kappa shape index (κ2) is 9.72. The minimum Gasteiger partial charge on any atom is -0.478 e. The molecular formula is C25H29NO4. The SMILES string of the molecule is Cc1cccc(C[C@H](O)/C=C/C2CCC(=O)N2CCc2ccc(C(=O)O)c(C)c2)c1. The maximum atomic E-state index is 12.3. The van der Waals surface area contributed by atoms with E-state index in [9.17, 15) is 14.7 Å². The van der Waals surface area contributed by atoms with Crippen LogP contribution in [0.5, 0.6) is 0 Å². The quantitative estimate of drug-likeness (QED) is 0.654. The van der Waals surface area contributed by atoms with E-state index in [-0.39, 0.29) is 11.9 Å². The van der Waals surface area contributed by atoms with Crippen molar-refractivity contribution in [2.24, 2.45) is 0 Å². The van der Waals surface area contributed by atoms with Gasteiger partial charge in [0.15, 0.2) is 0 Å². The average molecular weight is 408 g/mol. The Morgan fingerprint density at radius 1 is 1.20 bits per heavy atom. The van der Waals surface area contributed by atoms with Crippen molar-refractivity contribution in [2.45, 2.75) is 51.7 Å². The third kappa shape index (κ3) is 5.57. The number of aryl methyl sites for hydroxylation is 2. The van der Waals surface area contributed by atoms with Crippen LogP contribution in [0, 0.1) is 13.8 Å². The summed E-state index contributed by atoms with van der Waals surface area (Å²) >= 11 is 0. The largest absolute Gasteiger partial charge is 0.478 e. The van der Waals surface area contributed by atoms with E-state index in [1.165, 1.54) is 5.56 Å². The Morgan fingerprint density at radius 2 is 2.00 bits per heavy atom. The van der Waals surface area contributed by atoms with Gasteiger partial charge in [0.05, 0.1) is 17.7 Å². The number of likely N-dealkylation sites (tertiary alicyclic amines) is 1. The van der Waals surface area contributed by atoms with Gasteiger partial charge in [-0.1, -0.05) is 54.1 Å². The maximum absolute atomic E-state index is 12.3. The van der Waals surface area contributed by atoms with Gasteiger partial charge in [-0.3, -0.25) is 4.79 Å². The number of hydrogen-bond donors (Lipinski definition) is 2. The first-order valence-electron chi connectivity index (χ1n) is 10.4. The Hall–Kier alpha value is -2.92. The molecule has 0 bridgehead atoms. The number of amides is 1. The highest BCUT2D eigenvalue weighted by Crippen LogP contribution is 2.21. The predicted octanol–water partition coefficient (Wildman–Crippen LogP) is 3.69. The molecule has 2 aromatic rings. The summed E-state index contributed by atoms with van der Waals surface area (Å²) in [6.07, 6.45) is 5.64. The van der Waals surface area contributed by atoms with Crippen LogP contribution in [-0.4, -0.2) is 45.7 Å². The zero-order valence-corrected chi connectivity index (χ0v) is 17.5. The Kier molecular flexibility index (Phi) is 7.06. The van der Waals surface area contributed by atoms with E-state index in [0.29, 0.717) is 31.4 Å². The number of aromatic carboxylic acids is 1. The first kappa shape index (κ1) is 21.8. The molecule has 1 unspecified atom stereocenters. The highest BCUT2D eigenvalue weighted by atomic mass is 16.4. The monoisotopic (exact) mass is 407 g/mol. The van der Waals surface area contributed by atoms with Crippen molar-refractivity contribution in [2.75, 3.05) is 6.54 Å². The van der Waals surface area contributed by atoms with Gasteiger partial charge in [0.25, 0.3) is 0 Å². The average Bonchev–Trinajstić information content (AvgIpc) is 3.04. The van der Waals surface area contributed by atoms with Crippen LogP contribution in [0.25, 0.3) is 0 Å². The Labute approximate surface area is 177 Å². The van der Waals surface area contributed by atoms with E-state index in [1.54, 1.807) is 19.1 Å². The van der Waals surface area contributed by atoms with Crippen LogP contribution in [0.4, 0.5) is 0 Å². The summed E-state index contributed by atoms with van der Waals surface area (Å²) in [5, 5.41) is 19.5. The van der Waals surface area contributed by atoms with Gasteiger partial charge >= 0.3 is 5.97 Å². The lowest BCUT2D eigenvalue weighted by molar-refractivity contribution is -0.128. The Morgan fingerprint density at radius 3 is 2.70 bits per heavy atom. The first-order valence-corrected chi connectivity index (χ1v) is 10.4. The van der Waals surface area contributed by atoms with Crippen molar-refractivity contribution < 1.29 is 19.8 Å². The van der Waals surface area contributed by atoms with Crippen molar-refractivity contribution in [1.82, 2.24) is 4.90 Å². The highest BCUT2D eigenvalue weighted by molar-refractivity contribution is 5.89. The summed E-state index contributed by atoms with van der Waals surface area (Å²) in [7, 11) is 0. The second-order valence-corrected chi connectivity index (χ2v) is 8.04. The van der Waals surface area contributed by atoms with Crippen LogP contribution in [0.15, 0.2) is 54.6 Å². The first-order chi connectivity index (χ1) is 14.3. The van der Waals surface area contributed by atoms with Crippen LogP contribution in [0.1, 0.15) is 45.5 Å². The molecule has 1 saturated heterocycles. The Balaban J connectivity index is 1.59. The number of carbonyl (C=O) groups excluding carboxylic acids is 1. The van der Waals surface area contributed by atoms with E-state index in [0.717, 1.165) is 23.1 Å². The molecule has 1 heterocycles. The van der Waals surface area contributed by atoms with Gasteiger partial charge in [-0.05, 0) is 49.4 Å². The fourth-order valence-electron chi connectivity index (χ4n) is 4.02. The molecule has 2 atom stereocenters. The number of benzene rings is 2. The van der Waals surface area contributed by atoms with E-state index in [4.69, 9.17) is 5.11 Å². The lowest BCUT2D eigenvalue weighted by Gasteiger charge is -2.23. The normalized spacial score (nSPS) is 17.6. The third-order valence-electron chi connectivity index (χ3n) is 5.62. The van der Waals surface area contributed by atoms with E-state index < -0.39 is 12.1 Å². The molecule has 1 aliphatic rings. The number of carboxylic acid groups (broad SMARTS) is 1. The van der Waals surface area contributed by atoms with Gasteiger partial charge in [0, 0.05) is 19.4 Å². The van der Waals surface area contributed by atoms with Crippen LogP contribution < -0.4 is 0 Å². The van der Waals surface area contributed by atoms with Crippen molar-refractivity contribution in [3.8, 4) is 0 Å². The molecule has 0 aliphatic carbocycles. The van der Waals surface area contributed by atoms with Gasteiger partial charge in [-0.15, -0.1) is 0 Å². The second-order valence-electron chi connectivity index (χ2n) is 8.04. The number of carboxylic acids is 1. The minimum atomic E-state index is -0.928. The molecule has 1 amide bonds. The van der Waals surface area contributed by atoms with Crippen molar-refractivity contribution in [1.29, 1.82) is 0 Å². The van der Waals surface area contributed by atoms with Crippen LogP contribution in [0.2, 0.25) is 0 Å². The molecule has 0 radical (unpaired) electrons. The van der Waals surface area contributed by atoms with Crippen molar-refractivity contribution >= 4 is 11.9 Å². The highest BCUT2D eigenvalue weighted by Gasteiger charge is 2.28. The minimum absolute atomic E-state index is 0.0101. The predicted molar refractivity (Wildman–Crippen MR) is 117 cm³/mol. The summed E-state index contributed by atoms with van der Waals surface area (Å²) in [6.45, 7) is 4.40. The lowest BCUT2D eigenvalue weighted by Crippen LogP contribution is -2.33. The van der Waals surface area contributed by atoms with Gasteiger partial charge in [-0.2, -0.15) is 0 Å². The van der Waals surface area contributed by atoms with Crippen molar-refractivity contribution in [3.05, 3.63) is 82.4 Å². The van der Waals surface area contributed by atoms with E-state index in [1.807, 2.05) is 48.2 Å². The van der Waals surface area contributed by atoms with Gasteiger partial charge < -0.3 is 15.1 Å². The molecule has 0 spiro atoms. The number of rotatable bonds is 8. The smallest absolute Gasteiger partial charge is 0.335 e. The molecule has 158 valence electrons. The molecule has 3 rings (SSSR count). The lowest BCUT2D eigenvalue weighted by atomic mass is 10.0. The maximum Gasteiger partial charge on any atom is 0.335 e. The van der Waals surface area contributed by atoms with Crippen LogP contribution in [-0.2, 0) is 17.6 Å². The molecule has 5 nitrogen and oxygen atoms in total. The van der Waals surface area contributed by atoms with Crippen molar-refractivity contribution in [3.63, 3.8) is 0 Å². The van der Waals surface area contributed by atoms with E-state index >= 15 is 0 Å². The molecule has 30 heavy (non-hydrogen) atoms. The number of nitrogens with zero attached hydrogens (tertiary/aromatic N) is 1. The van der Waals surface area contributed by atoms with Crippen LogP contribution >= 0.6 is 0 Å². The summed E-state index contributed by atoms with van der Waals surface area (Å²) in [6, 6.07) is 13.4. The topological polar surface area (TPSA) is 77.8 Å². The molecule has 1 aliphatic heterocycles.